The van der Waals surface area contributed by atoms with E-state index in [4.69, 9.17) is 0 Å². The first-order valence-corrected chi connectivity index (χ1v) is 9.91. The summed E-state index contributed by atoms with van der Waals surface area (Å²) in [6.45, 7) is 0. The standard InChI is InChI=1S/C26H20O5/c27-23(15-22(16-6-2-1-3-7-16)24(25(28)29)26(30)31)19-12-13-21-18(14-19)11-10-17-8-4-5-9-20(17)21/h1-14,22,24H,15H2,(H,28,29)(H,30,31). The minimum absolute atomic E-state index is 0.216. The number of Topliss-reactive ketones (excluding diaryl/α,β-unsaturated/α-hetero) is 1. The smallest absolute Gasteiger partial charge is 0.318 e. The largest absolute Gasteiger partial charge is 0.481 e. The molecule has 0 aliphatic rings. The molecule has 154 valence electrons. The van der Waals surface area contributed by atoms with Crippen LogP contribution in [0.2, 0.25) is 0 Å². The second-order valence-electron chi connectivity index (χ2n) is 7.52. The monoisotopic (exact) mass is 412 g/mol. The van der Waals surface area contributed by atoms with E-state index in [2.05, 4.69) is 0 Å². The molecule has 0 bridgehead atoms. The zero-order chi connectivity index (χ0) is 22.0. The molecule has 2 N–H and O–H groups in total. The van der Waals surface area contributed by atoms with Crippen LogP contribution in [0.1, 0.15) is 28.3 Å². The average Bonchev–Trinajstić information content (AvgIpc) is 2.78. The van der Waals surface area contributed by atoms with Gasteiger partial charge in [-0.25, -0.2) is 0 Å². The first kappa shape index (κ1) is 20.3. The van der Waals surface area contributed by atoms with Gasteiger partial charge in [0.05, 0.1) is 0 Å². The molecule has 0 radical (unpaired) electrons. The number of aliphatic carboxylic acids is 2. The lowest BCUT2D eigenvalue weighted by Gasteiger charge is -2.21. The van der Waals surface area contributed by atoms with Crippen LogP contribution in [0.25, 0.3) is 21.5 Å². The second-order valence-corrected chi connectivity index (χ2v) is 7.52. The van der Waals surface area contributed by atoms with Gasteiger partial charge in [-0.05, 0) is 33.2 Å². The van der Waals surface area contributed by atoms with Crippen molar-refractivity contribution >= 4 is 39.3 Å². The minimum Gasteiger partial charge on any atom is -0.481 e. The van der Waals surface area contributed by atoms with E-state index < -0.39 is 23.8 Å². The van der Waals surface area contributed by atoms with Crippen molar-refractivity contribution in [2.24, 2.45) is 5.92 Å². The Morgan fingerprint density at radius 3 is 2.00 bits per heavy atom. The van der Waals surface area contributed by atoms with Gasteiger partial charge in [0.2, 0.25) is 0 Å². The van der Waals surface area contributed by atoms with Crippen molar-refractivity contribution in [1.82, 2.24) is 0 Å². The fourth-order valence-electron chi connectivity index (χ4n) is 4.08. The molecule has 0 saturated heterocycles. The normalized spacial score (nSPS) is 12.2. The zero-order valence-electron chi connectivity index (χ0n) is 16.6. The Bertz CT molecular complexity index is 1280. The lowest BCUT2D eigenvalue weighted by atomic mass is 9.81. The molecule has 0 heterocycles. The van der Waals surface area contributed by atoms with E-state index in [9.17, 15) is 24.6 Å². The number of carbonyl (C=O) groups is 3. The zero-order valence-corrected chi connectivity index (χ0v) is 16.6. The molecule has 0 spiro atoms. The maximum Gasteiger partial charge on any atom is 0.318 e. The summed E-state index contributed by atoms with van der Waals surface area (Å²) < 4.78 is 0. The van der Waals surface area contributed by atoms with Crippen LogP contribution >= 0.6 is 0 Å². The first-order chi connectivity index (χ1) is 15.0. The van der Waals surface area contributed by atoms with E-state index in [0.29, 0.717) is 11.1 Å². The van der Waals surface area contributed by atoms with Crippen LogP contribution in [-0.2, 0) is 9.59 Å². The molecule has 0 fully saturated rings. The van der Waals surface area contributed by atoms with E-state index in [1.54, 1.807) is 42.5 Å². The summed E-state index contributed by atoms with van der Waals surface area (Å²) in [6.07, 6.45) is -0.216. The van der Waals surface area contributed by atoms with Crippen LogP contribution in [0.4, 0.5) is 0 Å². The van der Waals surface area contributed by atoms with Gasteiger partial charge in [-0.15, -0.1) is 0 Å². The van der Waals surface area contributed by atoms with Crippen LogP contribution < -0.4 is 0 Å². The Balaban J connectivity index is 1.71. The Morgan fingerprint density at radius 2 is 1.29 bits per heavy atom. The number of ketones is 1. The molecule has 1 unspecified atom stereocenters. The topological polar surface area (TPSA) is 91.7 Å². The Hall–Kier alpha value is -3.99. The molecule has 0 aliphatic heterocycles. The third-order valence-corrected chi connectivity index (χ3v) is 5.63. The highest BCUT2D eigenvalue weighted by Gasteiger charge is 2.37. The molecule has 5 nitrogen and oxygen atoms in total. The van der Waals surface area contributed by atoms with Crippen molar-refractivity contribution in [3.05, 3.63) is 96.1 Å². The van der Waals surface area contributed by atoms with E-state index in [-0.39, 0.29) is 12.2 Å². The number of hydrogen-bond acceptors (Lipinski definition) is 3. The SMILES string of the molecule is O=C(CC(c1ccccc1)C(C(=O)O)C(=O)O)c1ccc2c(ccc3ccccc32)c1. The molecule has 0 aliphatic carbocycles. The average molecular weight is 412 g/mol. The summed E-state index contributed by atoms with van der Waals surface area (Å²) in [5.41, 5.74) is 0.940. The van der Waals surface area contributed by atoms with Gasteiger partial charge < -0.3 is 10.2 Å². The number of hydrogen-bond donors (Lipinski definition) is 2. The van der Waals surface area contributed by atoms with Crippen molar-refractivity contribution in [1.29, 1.82) is 0 Å². The van der Waals surface area contributed by atoms with Crippen molar-refractivity contribution in [2.45, 2.75) is 12.3 Å². The first-order valence-electron chi connectivity index (χ1n) is 9.91. The third-order valence-electron chi connectivity index (χ3n) is 5.63. The highest BCUT2D eigenvalue weighted by atomic mass is 16.4. The van der Waals surface area contributed by atoms with Crippen molar-refractivity contribution in [2.75, 3.05) is 0 Å². The van der Waals surface area contributed by atoms with Gasteiger partial charge in [0, 0.05) is 17.9 Å². The summed E-state index contributed by atoms with van der Waals surface area (Å²) >= 11 is 0. The molecular formula is C26H20O5. The Morgan fingerprint density at radius 1 is 0.677 bits per heavy atom. The summed E-state index contributed by atoms with van der Waals surface area (Å²) in [6, 6.07) is 25.8. The summed E-state index contributed by atoms with van der Waals surface area (Å²) in [7, 11) is 0. The number of benzene rings is 4. The lowest BCUT2D eigenvalue weighted by molar-refractivity contribution is -0.155. The fourth-order valence-corrected chi connectivity index (χ4v) is 4.08. The molecule has 0 aromatic heterocycles. The molecule has 4 aromatic rings. The fraction of sp³-hybridized carbons (Fsp3) is 0.115. The van der Waals surface area contributed by atoms with Crippen molar-refractivity contribution in [3.63, 3.8) is 0 Å². The molecule has 31 heavy (non-hydrogen) atoms. The van der Waals surface area contributed by atoms with E-state index in [0.717, 1.165) is 21.5 Å². The molecule has 0 saturated carbocycles. The second kappa shape index (κ2) is 8.40. The van der Waals surface area contributed by atoms with Gasteiger partial charge >= 0.3 is 11.9 Å². The number of carboxylic acid groups (broad SMARTS) is 2. The number of carbonyl (C=O) groups excluding carboxylic acids is 1. The highest BCUT2D eigenvalue weighted by molar-refractivity contribution is 6.10. The van der Waals surface area contributed by atoms with Gasteiger partial charge in [-0.2, -0.15) is 0 Å². The van der Waals surface area contributed by atoms with Crippen LogP contribution in [0.3, 0.4) is 0 Å². The Labute approximate surface area is 178 Å². The summed E-state index contributed by atoms with van der Waals surface area (Å²) in [4.78, 5) is 36.5. The van der Waals surface area contributed by atoms with E-state index in [1.807, 2.05) is 42.5 Å². The van der Waals surface area contributed by atoms with Gasteiger partial charge in [0.15, 0.2) is 11.7 Å². The van der Waals surface area contributed by atoms with Crippen LogP contribution in [0.15, 0.2) is 84.9 Å². The maximum atomic E-state index is 13.1. The molecular weight excluding hydrogens is 392 g/mol. The van der Waals surface area contributed by atoms with Crippen LogP contribution in [0, 0.1) is 5.92 Å². The van der Waals surface area contributed by atoms with Gasteiger partial charge in [0.1, 0.15) is 0 Å². The van der Waals surface area contributed by atoms with Crippen molar-refractivity contribution < 1.29 is 24.6 Å². The molecule has 0 amide bonds. The lowest BCUT2D eigenvalue weighted by Crippen LogP contribution is -2.31. The number of carboxylic acids is 2. The van der Waals surface area contributed by atoms with Crippen LogP contribution in [-0.4, -0.2) is 27.9 Å². The van der Waals surface area contributed by atoms with Crippen molar-refractivity contribution in [3.8, 4) is 0 Å². The molecule has 5 heteroatoms. The maximum absolute atomic E-state index is 13.1. The minimum atomic E-state index is -1.71. The van der Waals surface area contributed by atoms with Gasteiger partial charge in [-0.1, -0.05) is 78.9 Å². The summed E-state index contributed by atoms with van der Waals surface area (Å²) in [5, 5.41) is 23.1. The summed E-state index contributed by atoms with van der Waals surface area (Å²) in [5.74, 6) is -5.90. The van der Waals surface area contributed by atoms with E-state index >= 15 is 0 Å². The number of rotatable bonds is 7. The van der Waals surface area contributed by atoms with Gasteiger partial charge in [-0.3, -0.25) is 14.4 Å². The van der Waals surface area contributed by atoms with Gasteiger partial charge in [0.25, 0.3) is 0 Å². The number of fused-ring (bicyclic) bond motifs is 3. The third kappa shape index (κ3) is 4.03. The quantitative estimate of drug-likeness (QED) is 0.249. The van der Waals surface area contributed by atoms with Crippen LogP contribution in [0.5, 0.6) is 0 Å². The predicted octanol–water partition coefficient (Wildman–Crippen LogP) is 5.14. The molecule has 4 aromatic carbocycles. The molecule has 4 rings (SSSR count). The Kier molecular flexibility index (Phi) is 5.50. The molecule has 1 atom stereocenters. The highest BCUT2D eigenvalue weighted by Crippen LogP contribution is 2.32. The predicted molar refractivity (Wildman–Crippen MR) is 118 cm³/mol. The van der Waals surface area contributed by atoms with E-state index in [1.165, 1.54) is 0 Å².